The Bertz CT molecular complexity index is 425. The lowest BCUT2D eigenvalue weighted by atomic mass is 9.95. The standard InChI is InChI=1S/C13H16N2O/c1-9(3-4-10(2)14)13(16)11-5-7-12(15)8-6-11/h3-5,7H,1-2,6,8,14-15H2/b4-3-. The van der Waals surface area contributed by atoms with Crippen molar-refractivity contribution in [2.75, 3.05) is 0 Å². The SMILES string of the molecule is C=C(N)/C=C\C(=C)C(=O)C1=CC=C(N)CC1. The zero-order valence-electron chi connectivity index (χ0n) is 9.20. The maximum atomic E-state index is 11.9. The molecule has 16 heavy (non-hydrogen) atoms. The second kappa shape index (κ2) is 5.16. The second-order valence-electron chi connectivity index (χ2n) is 3.70. The fourth-order valence-electron chi connectivity index (χ4n) is 1.33. The van der Waals surface area contributed by atoms with Crippen molar-refractivity contribution in [1.29, 1.82) is 0 Å². The van der Waals surface area contributed by atoms with Crippen LogP contribution in [0, 0.1) is 0 Å². The molecule has 0 aromatic rings. The highest BCUT2D eigenvalue weighted by Crippen LogP contribution is 2.18. The minimum absolute atomic E-state index is 0.0683. The van der Waals surface area contributed by atoms with E-state index >= 15 is 0 Å². The first-order valence-corrected chi connectivity index (χ1v) is 5.02. The van der Waals surface area contributed by atoms with Crippen LogP contribution in [0.3, 0.4) is 0 Å². The molecular weight excluding hydrogens is 200 g/mol. The predicted molar refractivity (Wildman–Crippen MR) is 66.2 cm³/mol. The Morgan fingerprint density at radius 3 is 2.44 bits per heavy atom. The molecule has 0 amide bonds. The normalized spacial score (nSPS) is 15.5. The van der Waals surface area contributed by atoms with Crippen molar-refractivity contribution in [3.8, 4) is 0 Å². The van der Waals surface area contributed by atoms with Crippen LogP contribution < -0.4 is 11.5 Å². The Balaban J connectivity index is 2.72. The summed E-state index contributed by atoms with van der Waals surface area (Å²) in [6, 6.07) is 0. The molecule has 0 spiro atoms. The van der Waals surface area contributed by atoms with Gasteiger partial charge in [-0.05, 0) is 31.1 Å². The van der Waals surface area contributed by atoms with Gasteiger partial charge < -0.3 is 11.5 Å². The second-order valence-corrected chi connectivity index (χ2v) is 3.70. The molecular formula is C13H16N2O. The van der Waals surface area contributed by atoms with Crippen molar-refractivity contribution in [3.63, 3.8) is 0 Å². The number of rotatable bonds is 4. The number of nitrogens with two attached hydrogens (primary N) is 2. The molecule has 0 saturated carbocycles. The molecule has 0 unspecified atom stereocenters. The van der Waals surface area contributed by atoms with Crippen LogP contribution in [0.1, 0.15) is 12.8 Å². The minimum Gasteiger partial charge on any atom is -0.402 e. The van der Waals surface area contributed by atoms with Gasteiger partial charge in [0.15, 0.2) is 5.78 Å². The Morgan fingerprint density at radius 2 is 1.94 bits per heavy atom. The molecule has 0 bridgehead atoms. The Kier molecular flexibility index (Phi) is 3.89. The zero-order chi connectivity index (χ0) is 12.1. The first-order chi connectivity index (χ1) is 7.50. The largest absolute Gasteiger partial charge is 0.402 e. The van der Waals surface area contributed by atoms with Crippen molar-refractivity contribution in [2.45, 2.75) is 12.8 Å². The summed E-state index contributed by atoms with van der Waals surface area (Å²) in [5.74, 6) is -0.0683. The molecule has 3 heteroatoms. The summed E-state index contributed by atoms with van der Waals surface area (Å²) in [5, 5.41) is 0. The Hall–Kier alpha value is -2.03. The number of carbonyl (C=O) groups excluding carboxylic acids is 1. The maximum Gasteiger partial charge on any atom is 0.188 e. The van der Waals surface area contributed by atoms with Gasteiger partial charge in [-0.25, -0.2) is 0 Å². The highest BCUT2D eigenvalue weighted by Gasteiger charge is 2.13. The first kappa shape index (κ1) is 12.0. The Labute approximate surface area is 95.5 Å². The lowest BCUT2D eigenvalue weighted by molar-refractivity contribution is -0.112. The molecule has 1 aliphatic rings. The van der Waals surface area contributed by atoms with E-state index in [2.05, 4.69) is 13.2 Å². The van der Waals surface area contributed by atoms with Crippen molar-refractivity contribution in [3.05, 3.63) is 60.0 Å². The zero-order valence-corrected chi connectivity index (χ0v) is 9.20. The van der Waals surface area contributed by atoms with Gasteiger partial charge in [-0.1, -0.05) is 19.2 Å². The highest BCUT2D eigenvalue weighted by molar-refractivity contribution is 6.10. The Morgan fingerprint density at radius 1 is 1.25 bits per heavy atom. The molecule has 0 atom stereocenters. The third-order valence-electron chi connectivity index (χ3n) is 2.26. The van der Waals surface area contributed by atoms with Crippen LogP contribution >= 0.6 is 0 Å². The molecule has 0 aromatic heterocycles. The quantitative estimate of drug-likeness (QED) is 0.555. The third kappa shape index (κ3) is 3.28. The lowest BCUT2D eigenvalue weighted by Crippen LogP contribution is -2.09. The summed E-state index contributed by atoms with van der Waals surface area (Å²) in [7, 11) is 0. The van der Waals surface area contributed by atoms with Crippen LogP contribution in [0.2, 0.25) is 0 Å². The molecule has 1 rings (SSSR count). The summed E-state index contributed by atoms with van der Waals surface area (Å²) < 4.78 is 0. The van der Waals surface area contributed by atoms with Gasteiger partial charge >= 0.3 is 0 Å². The molecule has 4 N–H and O–H groups in total. The maximum absolute atomic E-state index is 11.9. The highest BCUT2D eigenvalue weighted by atomic mass is 16.1. The fraction of sp³-hybridized carbons (Fsp3) is 0.154. The summed E-state index contributed by atoms with van der Waals surface area (Å²) in [4.78, 5) is 11.9. The van der Waals surface area contributed by atoms with Crippen LogP contribution in [-0.2, 0) is 4.79 Å². The average molecular weight is 216 g/mol. The summed E-state index contributed by atoms with van der Waals surface area (Å²) in [5.41, 5.74) is 13.3. The summed E-state index contributed by atoms with van der Waals surface area (Å²) >= 11 is 0. The molecule has 0 heterocycles. The van der Waals surface area contributed by atoms with E-state index in [0.29, 0.717) is 17.7 Å². The first-order valence-electron chi connectivity index (χ1n) is 5.02. The van der Waals surface area contributed by atoms with Gasteiger partial charge in [-0.3, -0.25) is 4.79 Å². The smallest absolute Gasteiger partial charge is 0.188 e. The molecule has 0 radical (unpaired) electrons. The van der Waals surface area contributed by atoms with Gasteiger partial charge in [-0.2, -0.15) is 0 Å². The number of hydrogen-bond donors (Lipinski definition) is 2. The molecule has 84 valence electrons. The van der Waals surface area contributed by atoms with E-state index < -0.39 is 0 Å². The van der Waals surface area contributed by atoms with Crippen LogP contribution in [0.4, 0.5) is 0 Å². The fourth-order valence-corrected chi connectivity index (χ4v) is 1.33. The van der Waals surface area contributed by atoms with E-state index in [0.717, 1.165) is 17.7 Å². The monoisotopic (exact) mass is 216 g/mol. The predicted octanol–water partition coefficient (Wildman–Crippen LogP) is 1.70. The van der Waals surface area contributed by atoms with Gasteiger partial charge in [0.05, 0.1) is 0 Å². The molecule has 0 fully saturated rings. The van der Waals surface area contributed by atoms with E-state index in [4.69, 9.17) is 11.5 Å². The molecule has 0 saturated heterocycles. The third-order valence-corrected chi connectivity index (χ3v) is 2.26. The van der Waals surface area contributed by atoms with Crippen molar-refractivity contribution >= 4 is 5.78 Å². The van der Waals surface area contributed by atoms with Crippen LogP contribution in [0.5, 0.6) is 0 Å². The van der Waals surface area contributed by atoms with E-state index in [9.17, 15) is 4.79 Å². The van der Waals surface area contributed by atoms with Crippen molar-refractivity contribution < 1.29 is 4.79 Å². The van der Waals surface area contributed by atoms with Gasteiger partial charge in [0.25, 0.3) is 0 Å². The van der Waals surface area contributed by atoms with Gasteiger partial charge in [0, 0.05) is 22.5 Å². The van der Waals surface area contributed by atoms with E-state index in [1.54, 1.807) is 24.3 Å². The van der Waals surface area contributed by atoms with Crippen LogP contribution in [0.15, 0.2) is 60.0 Å². The summed E-state index contributed by atoms with van der Waals surface area (Å²) in [6.07, 6.45) is 8.03. The van der Waals surface area contributed by atoms with Crippen LogP contribution in [-0.4, -0.2) is 5.78 Å². The van der Waals surface area contributed by atoms with E-state index in [1.165, 1.54) is 0 Å². The lowest BCUT2D eigenvalue weighted by Gasteiger charge is -2.10. The topological polar surface area (TPSA) is 69.1 Å². The average Bonchev–Trinajstić information content (AvgIpc) is 2.26. The van der Waals surface area contributed by atoms with Crippen LogP contribution in [0.25, 0.3) is 0 Å². The van der Waals surface area contributed by atoms with Gasteiger partial charge in [0.2, 0.25) is 0 Å². The number of Topliss-reactive ketones (excluding diaryl/α,β-unsaturated/α-hetero) is 1. The van der Waals surface area contributed by atoms with E-state index in [1.807, 2.05) is 0 Å². The molecule has 0 aromatic carbocycles. The van der Waals surface area contributed by atoms with Gasteiger partial charge in [-0.15, -0.1) is 0 Å². The minimum atomic E-state index is -0.0683. The number of hydrogen-bond acceptors (Lipinski definition) is 3. The van der Waals surface area contributed by atoms with Crippen molar-refractivity contribution in [2.24, 2.45) is 11.5 Å². The van der Waals surface area contributed by atoms with E-state index in [-0.39, 0.29) is 5.78 Å². The number of allylic oxidation sites excluding steroid dienone is 7. The number of ketones is 1. The molecule has 0 aliphatic heterocycles. The van der Waals surface area contributed by atoms with Crippen molar-refractivity contribution in [1.82, 2.24) is 0 Å². The number of carbonyl (C=O) groups is 1. The molecule has 3 nitrogen and oxygen atoms in total. The van der Waals surface area contributed by atoms with Gasteiger partial charge in [0.1, 0.15) is 0 Å². The summed E-state index contributed by atoms with van der Waals surface area (Å²) in [6.45, 7) is 7.20. The molecule has 1 aliphatic carbocycles.